The van der Waals surface area contributed by atoms with Gasteiger partial charge in [-0.2, -0.15) is 0 Å². The van der Waals surface area contributed by atoms with E-state index in [0.717, 1.165) is 10.2 Å². The lowest BCUT2D eigenvalue weighted by Gasteiger charge is -2.31. The third-order valence-corrected chi connectivity index (χ3v) is 4.28. The number of aromatic nitrogens is 1. The Kier molecular flexibility index (Phi) is 4.49. The van der Waals surface area contributed by atoms with Crippen LogP contribution < -0.4 is 11.1 Å². The summed E-state index contributed by atoms with van der Waals surface area (Å²) in [5, 5.41) is 12.7. The van der Waals surface area contributed by atoms with E-state index in [0.29, 0.717) is 17.1 Å². The van der Waals surface area contributed by atoms with Crippen molar-refractivity contribution in [3.05, 3.63) is 23.8 Å². The monoisotopic (exact) mass is 307 g/mol. The summed E-state index contributed by atoms with van der Waals surface area (Å²) in [4.78, 5) is 16.6. The van der Waals surface area contributed by atoms with Gasteiger partial charge in [0.2, 0.25) is 0 Å². The molecular formula is C15H21N3O2S. The standard InChI is InChI=1S/C15H21N3O2S/c1-15(2,3)12(6-7-19)18-13(20)9-4-5-10-11(8-9)21-14(16)17-10/h4-5,8,12,19H,6-7H2,1-3H3,(H2,16,17)(H,18,20). The highest BCUT2D eigenvalue weighted by Crippen LogP contribution is 2.25. The van der Waals surface area contributed by atoms with E-state index in [1.165, 1.54) is 11.3 Å². The topological polar surface area (TPSA) is 88.2 Å². The molecule has 2 rings (SSSR count). The highest BCUT2D eigenvalue weighted by Gasteiger charge is 2.26. The molecule has 0 aliphatic rings. The number of rotatable bonds is 4. The summed E-state index contributed by atoms with van der Waals surface area (Å²) < 4.78 is 0.898. The molecule has 0 spiro atoms. The SMILES string of the molecule is CC(C)(C)C(CCO)NC(=O)c1ccc2nc(N)sc2c1. The lowest BCUT2D eigenvalue weighted by atomic mass is 9.85. The Morgan fingerprint density at radius 1 is 1.48 bits per heavy atom. The molecule has 1 aromatic heterocycles. The van der Waals surface area contributed by atoms with Gasteiger partial charge in [-0.25, -0.2) is 4.98 Å². The number of nitrogens with two attached hydrogens (primary N) is 1. The average molecular weight is 307 g/mol. The van der Waals surface area contributed by atoms with Gasteiger partial charge in [-0.1, -0.05) is 32.1 Å². The van der Waals surface area contributed by atoms with E-state index >= 15 is 0 Å². The summed E-state index contributed by atoms with van der Waals surface area (Å²) in [6.07, 6.45) is 0.533. The van der Waals surface area contributed by atoms with Crippen LogP contribution in [-0.2, 0) is 0 Å². The van der Waals surface area contributed by atoms with Crippen LogP contribution in [0.15, 0.2) is 18.2 Å². The summed E-state index contributed by atoms with van der Waals surface area (Å²) in [7, 11) is 0. The van der Waals surface area contributed by atoms with E-state index in [2.05, 4.69) is 10.3 Å². The first-order valence-electron chi connectivity index (χ1n) is 6.89. The van der Waals surface area contributed by atoms with E-state index < -0.39 is 0 Å². The van der Waals surface area contributed by atoms with Gasteiger partial charge in [-0.05, 0) is 30.0 Å². The maximum atomic E-state index is 12.4. The molecule has 0 aliphatic heterocycles. The molecule has 6 heteroatoms. The van der Waals surface area contributed by atoms with Crippen LogP contribution in [0.25, 0.3) is 10.2 Å². The molecule has 1 unspecified atom stereocenters. The Bertz CT molecular complexity index is 646. The number of carbonyl (C=O) groups is 1. The molecule has 1 atom stereocenters. The maximum Gasteiger partial charge on any atom is 0.251 e. The molecule has 5 nitrogen and oxygen atoms in total. The van der Waals surface area contributed by atoms with Crippen molar-refractivity contribution in [1.29, 1.82) is 0 Å². The number of nitrogens with zero attached hydrogens (tertiary/aromatic N) is 1. The van der Waals surface area contributed by atoms with Crippen LogP contribution in [0.5, 0.6) is 0 Å². The molecule has 1 aromatic carbocycles. The third kappa shape index (κ3) is 3.71. The van der Waals surface area contributed by atoms with E-state index in [-0.39, 0.29) is 24.0 Å². The lowest BCUT2D eigenvalue weighted by Crippen LogP contribution is -2.44. The molecular weight excluding hydrogens is 286 g/mol. The van der Waals surface area contributed by atoms with E-state index in [9.17, 15) is 4.79 Å². The van der Waals surface area contributed by atoms with E-state index in [4.69, 9.17) is 10.8 Å². The Morgan fingerprint density at radius 2 is 2.19 bits per heavy atom. The molecule has 0 bridgehead atoms. The minimum Gasteiger partial charge on any atom is -0.396 e. The molecule has 2 aromatic rings. The second-order valence-corrected chi connectivity index (χ2v) is 7.20. The number of nitrogens with one attached hydrogen (secondary N) is 1. The maximum absolute atomic E-state index is 12.4. The second kappa shape index (κ2) is 5.99. The third-order valence-electron chi connectivity index (χ3n) is 3.44. The zero-order valence-electron chi connectivity index (χ0n) is 12.5. The molecule has 1 heterocycles. The van der Waals surface area contributed by atoms with Gasteiger partial charge in [0.1, 0.15) is 0 Å². The van der Waals surface area contributed by atoms with Gasteiger partial charge in [0.25, 0.3) is 5.91 Å². The van der Waals surface area contributed by atoms with Crippen molar-refractivity contribution in [2.75, 3.05) is 12.3 Å². The number of anilines is 1. The van der Waals surface area contributed by atoms with E-state index in [1.54, 1.807) is 18.2 Å². The van der Waals surface area contributed by atoms with Crippen molar-refractivity contribution in [3.63, 3.8) is 0 Å². The van der Waals surface area contributed by atoms with Crippen LogP contribution in [0.2, 0.25) is 0 Å². The van der Waals surface area contributed by atoms with Gasteiger partial charge in [-0.3, -0.25) is 4.79 Å². The number of aliphatic hydroxyl groups is 1. The number of hydrogen-bond acceptors (Lipinski definition) is 5. The van der Waals surface area contributed by atoms with Crippen LogP contribution in [0.1, 0.15) is 37.6 Å². The van der Waals surface area contributed by atoms with Crippen molar-refractivity contribution < 1.29 is 9.90 Å². The van der Waals surface area contributed by atoms with Gasteiger partial charge < -0.3 is 16.2 Å². The second-order valence-electron chi connectivity index (χ2n) is 6.14. The molecule has 4 N–H and O–H groups in total. The number of hydrogen-bond donors (Lipinski definition) is 3. The number of amides is 1. The van der Waals surface area contributed by atoms with Gasteiger partial charge in [0, 0.05) is 18.2 Å². The normalized spacial score (nSPS) is 13.3. The summed E-state index contributed by atoms with van der Waals surface area (Å²) >= 11 is 1.37. The van der Waals surface area contributed by atoms with Crippen molar-refractivity contribution >= 4 is 32.6 Å². The molecule has 1 amide bonds. The number of fused-ring (bicyclic) bond motifs is 1. The summed E-state index contributed by atoms with van der Waals surface area (Å²) in [5.74, 6) is -0.141. The predicted molar refractivity (Wildman–Crippen MR) is 86.4 cm³/mol. The highest BCUT2D eigenvalue weighted by molar-refractivity contribution is 7.22. The first-order chi connectivity index (χ1) is 9.81. The van der Waals surface area contributed by atoms with E-state index in [1.807, 2.05) is 20.8 Å². The van der Waals surface area contributed by atoms with Crippen molar-refractivity contribution in [1.82, 2.24) is 10.3 Å². The number of thiazole rings is 1. The van der Waals surface area contributed by atoms with Gasteiger partial charge in [-0.15, -0.1) is 0 Å². The Labute approximate surface area is 128 Å². The molecule has 0 aliphatic carbocycles. The van der Waals surface area contributed by atoms with Crippen molar-refractivity contribution in [2.45, 2.75) is 33.2 Å². The summed E-state index contributed by atoms with van der Waals surface area (Å²) in [6.45, 7) is 6.18. The fraction of sp³-hybridized carbons (Fsp3) is 0.467. The Balaban J connectivity index is 2.20. The molecule has 0 fully saturated rings. The van der Waals surface area contributed by atoms with Crippen molar-refractivity contribution in [3.8, 4) is 0 Å². The number of carbonyl (C=O) groups excluding carboxylic acids is 1. The highest BCUT2D eigenvalue weighted by atomic mass is 32.1. The van der Waals surface area contributed by atoms with Crippen molar-refractivity contribution in [2.24, 2.45) is 5.41 Å². The smallest absolute Gasteiger partial charge is 0.251 e. The van der Waals surface area contributed by atoms with Crippen LogP contribution >= 0.6 is 11.3 Å². The van der Waals surface area contributed by atoms with Crippen LogP contribution in [0.3, 0.4) is 0 Å². The predicted octanol–water partition coefficient (Wildman–Crippen LogP) is 2.41. The Hall–Kier alpha value is -1.66. The number of nitrogen functional groups attached to an aromatic ring is 1. The minimum absolute atomic E-state index is 0.0482. The Morgan fingerprint density at radius 3 is 2.81 bits per heavy atom. The molecule has 0 saturated carbocycles. The molecule has 114 valence electrons. The largest absolute Gasteiger partial charge is 0.396 e. The quantitative estimate of drug-likeness (QED) is 0.809. The van der Waals surface area contributed by atoms with Gasteiger partial charge in [0.15, 0.2) is 5.13 Å². The molecule has 21 heavy (non-hydrogen) atoms. The zero-order valence-corrected chi connectivity index (χ0v) is 13.3. The summed E-state index contributed by atoms with van der Waals surface area (Å²) in [5.41, 5.74) is 6.94. The van der Waals surface area contributed by atoms with Crippen LogP contribution in [0.4, 0.5) is 5.13 Å². The first kappa shape index (κ1) is 15.7. The minimum atomic E-state index is -0.141. The van der Waals surface area contributed by atoms with Gasteiger partial charge in [0.05, 0.1) is 10.2 Å². The van der Waals surface area contributed by atoms with Crippen LogP contribution in [0, 0.1) is 5.41 Å². The number of aliphatic hydroxyl groups excluding tert-OH is 1. The number of benzene rings is 1. The summed E-state index contributed by atoms with van der Waals surface area (Å²) in [6, 6.07) is 5.26. The molecule has 0 saturated heterocycles. The average Bonchev–Trinajstić information content (AvgIpc) is 2.75. The zero-order chi connectivity index (χ0) is 15.6. The first-order valence-corrected chi connectivity index (χ1v) is 7.70. The fourth-order valence-corrected chi connectivity index (χ4v) is 2.95. The fourth-order valence-electron chi connectivity index (χ4n) is 2.18. The molecule has 0 radical (unpaired) electrons. The lowest BCUT2D eigenvalue weighted by molar-refractivity contribution is 0.0885. The van der Waals surface area contributed by atoms with Gasteiger partial charge >= 0.3 is 0 Å². The van der Waals surface area contributed by atoms with Crippen LogP contribution in [-0.4, -0.2) is 28.6 Å².